The van der Waals surface area contributed by atoms with E-state index in [-0.39, 0.29) is 11.9 Å². The fourth-order valence-electron chi connectivity index (χ4n) is 4.79. The second kappa shape index (κ2) is 9.04. The number of nitriles is 1. The first-order valence-corrected chi connectivity index (χ1v) is 11.4. The number of oxazole rings is 1. The lowest BCUT2D eigenvalue weighted by Gasteiger charge is -2.37. The number of rotatable bonds is 6. The number of imidazole rings is 1. The fraction of sp³-hybridized carbons (Fsp3) is 0.360. The highest BCUT2D eigenvalue weighted by atomic mass is 16.3. The van der Waals surface area contributed by atoms with Gasteiger partial charge >= 0.3 is 0 Å². The highest BCUT2D eigenvalue weighted by Crippen LogP contribution is 2.25. The van der Waals surface area contributed by atoms with E-state index in [1.165, 1.54) is 12.0 Å². The number of carbonyl (C=O) groups is 1. The molecule has 33 heavy (non-hydrogen) atoms. The molecule has 0 spiro atoms. The highest BCUT2D eigenvalue weighted by Gasteiger charge is 2.30. The fourth-order valence-corrected chi connectivity index (χ4v) is 4.79. The second-order valence-electron chi connectivity index (χ2n) is 8.57. The Morgan fingerprint density at radius 3 is 3.03 bits per heavy atom. The van der Waals surface area contributed by atoms with Gasteiger partial charge in [0.2, 0.25) is 0 Å². The van der Waals surface area contributed by atoms with Crippen molar-refractivity contribution >= 4 is 28.0 Å². The topological polar surface area (TPSA) is 111 Å². The third-order valence-corrected chi connectivity index (χ3v) is 6.49. The molecule has 2 aromatic heterocycles. The number of H-pyrrole nitrogens is 1. The molecule has 1 fully saturated rings. The molecule has 0 bridgehead atoms. The summed E-state index contributed by atoms with van der Waals surface area (Å²) in [5.74, 6) is 0.243. The Bertz CT molecular complexity index is 1330. The highest BCUT2D eigenvalue weighted by molar-refractivity contribution is 5.94. The zero-order chi connectivity index (χ0) is 22.8. The molecule has 2 aromatic carbocycles. The van der Waals surface area contributed by atoms with Crippen LogP contribution in [0.5, 0.6) is 0 Å². The standard InChI is InChI=1S/C25H26N6O2/c1-2-31(25(32)24-29-20-8-6-16(13-26)10-21(20)30-24)19-5-3-4-18(12-19)27-14-17-7-9-23-22(11-17)28-15-33-23/h6-11,15,18-19,27H,2-5,12,14H2,1H3,(H,29,30). The molecule has 2 heterocycles. The predicted octanol–water partition coefficient (Wildman–Crippen LogP) is 4.14. The number of carbonyl (C=O) groups excluding carboxylic acids is 1. The van der Waals surface area contributed by atoms with Crippen molar-refractivity contribution in [3.05, 3.63) is 59.7 Å². The molecular formula is C25H26N6O2. The van der Waals surface area contributed by atoms with Crippen molar-refractivity contribution in [1.82, 2.24) is 25.2 Å². The summed E-state index contributed by atoms with van der Waals surface area (Å²) >= 11 is 0. The number of aromatic nitrogens is 3. The molecule has 8 nitrogen and oxygen atoms in total. The lowest BCUT2D eigenvalue weighted by Crippen LogP contribution is -2.47. The maximum Gasteiger partial charge on any atom is 0.289 e. The van der Waals surface area contributed by atoms with Crippen LogP contribution in [0.15, 0.2) is 47.2 Å². The van der Waals surface area contributed by atoms with E-state index in [9.17, 15) is 4.79 Å². The molecule has 0 radical (unpaired) electrons. The quantitative estimate of drug-likeness (QED) is 0.464. The summed E-state index contributed by atoms with van der Waals surface area (Å²) in [6.07, 6.45) is 5.52. The summed E-state index contributed by atoms with van der Waals surface area (Å²) in [6.45, 7) is 3.39. The largest absolute Gasteiger partial charge is 0.443 e. The lowest BCUT2D eigenvalue weighted by atomic mass is 9.89. The Labute approximate surface area is 191 Å². The average molecular weight is 443 g/mol. The Morgan fingerprint density at radius 2 is 2.18 bits per heavy atom. The number of nitrogens with one attached hydrogen (secondary N) is 2. The van der Waals surface area contributed by atoms with Crippen molar-refractivity contribution in [3.8, 4) is 6.07 Å². The van der Waals surface area contributed by atoms with E-state index in [4.69, 9.17) is 9.68 Å². The van der Waals surface area contributed by atoms with Crippen LogP contribution in [-0.2, 0) is 6.54 Å². The third-order valence-electron chi connectivity index (χ3n) is 6.49. The maximum atomic E-state index is 13.3. The molecule has 8 heteroatoms. The maximum absolute atomic E-state index is 13.3. The van der Waals surface area contributed by atoms with Crippen molar-refractivity contribution in [1.29, 1.82) is 5.26 Å². The number of aromatic amines is 1. The van der Waals surface area contributed by atoms with Crippen molar-refractivity contribution in [2.24, 2.45) is 0 Å². The van der Waals surface area contributed by atoms with E-state index in [2.05, 4.69) is 32.4 Å². The van der Waals surface area contributed by atoms with Crippen molar-refractivity contribution in [2.75, 3.05) is 6.54 Å². The van der Waals surface area contributed by atoms with Crippen LogP contribution >= 0.6 is 0 Å². The first kappa shape index (κ1) is 21.2. The molecule has 1 amide bonds. The molecule has 5 rings (SSSR count). The summed E-state index contributed by atoms with van der Waals surface area (Å²) in [7, 11) is 0. The van der Waals surface area contributed by atoms with Gasteiger partial charge in [0.05, 0.1) is 22.7 Å². The van der Waals surface area contributed by atoms with E-state index < -0.39 is 0 Å². The van der Waals surface area contributed by atoms with Crippen molar-refractivity contribution < 1.29 is 9.21 Å². The van der Waals surface area contributed by atoms with Gasteiger partial charge in [0, 0.05) is 25.2 Å². The third kappa shape index (κ3) is 4.32. The van der Waals surface area contributed by atoms with E-state index in [0.717, 1.165) is 48.8 Å². The SMILES string of the molecule is CCN(C(=O)c1nc2cc(C#N)ccc2[nH]1)C1CCCC(NCc2ccc3ocnc3c2)C1. The summed E-state index contributed by atoms with van der Waals surface area (Å²) in [5, 5.41) is 12.8. The van der Waals surface area contributed by atoms with Crippen LogP contribution in [0.2, 0.25) is 0 Å². The van der Waals surface area contributed by atoms with Gasteiger partial charge in [-0.3, -0.25) is 4.79 Å². The summed E-state index contributed by atoms with van der Waals surface area (Å²) in [6, 6.07) is 13.9. The van der Waals surface area contributed by atoms with Crippen LogP contribution in [-0.4, -0.2) is 44.4 Å². The first-order chi connectivity index (χ1) is 16.1. The van der Waals surface area contributed by atoms with Crippen LogP contribution in [0, 0.1) is 11.3 Å². The Balaban J connectivity index is 1.26. The van der Waals surface area contributed by atoms with Gasteiger partial charge < -0.3 is 19.6 Å². The van der Waals surface area contributed by atoms with E-state index in [1.54, 1.807) is 18.2 Å². The monoisotopic (exact) mass is 442 g/mol. The van der Waals surface area contributed by atoms with Gasteiger partial charge in [0.25, 0.3) is 5.91 Å². The van der Waals surface area contributed by atoms with E-state index in [0.29, 0.717) is 29.5 Å². The van der Waals surface area contributed by atoms with Crippen LogP contribution in [0.1, 0.15) is 54.4 Å². The molecule has 2 N–H and O–H groups in total. The van der Waals surface area contributed by atoms with E-state index in [1.807, 2.05) is 24.0 Å². The number of nitrogens with zero attached hydrogens (tertiary/aromatic N) is 4. The Morgan fingerprint density at radius 1 is 1.27 bits per heavy atom. The lowest BCUT2D eigenvalue weighted by molar-refractivity contribution is 0.0617. The summed E-state index contributed by atoms with van der Waals surface area (Å²) in [5.41, 5.74) is 4.76. The molecule has 168 valence electrons. The second-order valence-corrected chi connectivity index (χ2v) is 8.57. The number of hydrogen-bond acceptors (Lipinski definition) is 6. The Kier molecular flexibility index (Phi) is 5.80. The molecule has 1 saturated carbocycles. The van der Waals surface area contributed by atoms with Gasteiger partial charge in [-0.15, -0.1) is 0 Å². The smallest absolute Gasteiger partial charge is 0.289 e. The van der Waals surface area contributed by atoms with Gasteiger partial charge in [-0.1, -0.05) is 6.07 Å². The molecule has 1 aliphatic carbocycles. The van der Waals surface area contributed by atoms with Crippen LogP contribution < -0.4 is 5.32 Å². The van der Waals surface area contributed by atoms with Gasteiger partial charge in [-0.2, -0.15) is 5.26 Å². The van der Waals surface area contributed by atoms with Gasteiger partial charge in [0.1, 0.15) is 5.52 Å². The molecule has 0 saturated heterocycles. The summed E-state index contributed by atoms with van der Waals surface area (Å²) < 4.78 is 5.32. The normalized spacial score (nSPS) is 18.4. The molecule has 4 aromatic rings. The molecule has 1 aliphatic rings. The van der Waals surface area contributed by atoms with Crippen molar-refractivity contribution in [3.63, 3.8) is 0 Å². The first-order valence-electron chi connectivity index (χ1n) is 11.4. The molecule has 2 atom stereocenters. The van der Waals surface area contributed by atoms with Crippen LogP contribution in [0.3, 0.4) is 0 Å². The van der Waals surface area contributed by atoms with E-state index >= 15 is 0 Å². The van der Waals surface area contributed by atoms with Crippen molar-refractivity contribution in [2.45, 2.75) is 51.2 Å². The number of benzene rings is 2. The summed E-state index contributed by atoms with van der Waals surface area (Å²) in [4.78, 5) is 27.1. The van der Waals surface area contributed by atoms with Crippen LogP contribution in [0.25, 0.3) is 22.1 Å². The van der Waals surface area contributed by atoms with Crippen LogP contribution in [0.4, 0.5) is 0 Å². The minimum Gasteiger partial charge on any atom is -0.443 e. The molecule has 2 unspecified atom stereocenters. The van der Waals surface area contributed by atoms with Gasteiger partial charge in [-0.05, 0) is 68.5 Å². The zero-order valence-electron chi connectivity index (χ0n) is 18.5. The van der Waals surface area contributed by atoms with Gasteiger partial charge in [-0.25, -0.2) is 9.97 Å². The zero-order valence-corrected chi connectivity index (χ0v) is 18.5. The number of amides is 1. The average Bonchev–Trinajstić information content (AvgIpc) is 3.49. The molecule has 0 aliphatic heterocycles. The minimum absolute atomic E-state index is 0.0886. The molecular weight excluding hydrogens is 416 g/mol. The van der Waals surface area contributed by atoms with Gasteiger partial charge in [0.15, 0.2) is 17.8 Å². The number of hydrogen-bond donors (Lipinski definition) is 2. The Hall–Kier alpha value is -3.70. The minimum atomic E-state index is -0.0886. The number of fused-ring (bicyclic) bond motifs is 2. The predicted molar refractivity (Wildman–Crippen MR) is 124 cm³/mol.